The van der Waals surface area contributed by atoms with Crippen molar-refractivity contribution in [1.82, 2.24) is 25.1 Å². The van der Waals surface area contributed by atoms with Crippen LogP contribution in [0.3, 0.4) is 0 Å². The molecule has 3 heterocycles. The maximum atomic E-state index is 13.0. The van der Waals surface area contributed by atoms with E-state index in [9.17, 15) is 9.59 Å². The van der Waals surface area contributed by atoms with Crippen molar-refractivity contribution in [3.63, 3.8) is 0 Å². The van der Waals surface area contributed by atoms with Crippen LogP contribution in [0, 0.1) is 0 Å². The number of nitrogens with one attached hydrogen (secondary N) is 1. The first kappa shape index (κ1) is 25.4. The van der Waals surface area contributed by atoms with Gasteiger partial charge in [-0.25, -0.2) is 14.8 Å². The highest BCUT2D eigenvalue weighted by Gasteiger charge is 2.50. The minimum absolute atomic E-state index is 0.0176. The first-order valence-corrected chi connectivity index (χ1v) is 13.0. The second kappa shape index (κ2) is 10.3. The van der Waals surface area contributed by atoms with Crippen molar-refractivity contribution in [2.45, 2.75) is 36.8 Å². The molecule has 1 aromatic carbocycles. The van der Waals surface area contributed by atoms with Gasteiger partial charge >= 0.3 is 12.0 Å². The number of esters is 1. The number of rotatable bonds is 6. The van der Waals surface area contributed by atoms with Gasteiger partial charge in [0.25, 0.3) is 0 Å². The number of nitrogens with zero attached hydrogens (tertiary/aromatic N) is 6. The maximum absolute atomic E-state index is 13.0. The van der Waals surface area contributed by atoms with Gasteiger partial charge in [-0.1, -0.05) is 30.3 Å². The Morgan fingerprint density at radius 1 is 1.03 bits per heavy atom. The largest absolute Gasteiger partial charge is 0.468 e. The highest BCUT2D eigenvalue weighted by atomic mass is 16.5. The lowest BCUT2D eigenvalue weighted by molar-refractivity contribution is -0.142. The summed E-state index contributed by atoms with van der Waals surface area (Å²) in [4.78, 5) is 42.0. The van der Waals surface area contributed by atoms with Crippen molar-refractivity contribution in [1.29, 1.82) is 0 Å². The average Bonchev–Trinajstić information content (AvgIpc) is 3.25. The van der Waals surface area contributed by atoms with Crippen LogP contribution in [0.1, 0.15) is 31.2 Å². The van der Waals surface area contributed by atoms with Gasteiger partial charge in [0.1, 0.15) is 0 Å². The zero-order chi connectivity index (χ0) is 26.0. The molecule has 37 heavy (non-hydrogen) atoms. The number of piperazine rings is 1. The molecule has 2 aromatic rings. The third kappa shape index (κ3) is 5.00. The van der Waals surface area contributed by atoms with E-state index >= 15 is 0 Å². The third-order valence-electron chi connectivity index (χ3n) is 8.45. The SMILES string of the molecule is COC(=O)CN1CCN(c2ncc(N3C[C@]4(CC[C@@](c5ccccc5)(N(C)C)CC4)NC3=O)cn2)CC1. The minimum Gasteiger partial charge on any atom is -0.468 e. The molecule has 10 nitrogen and oxygen atoms in total. The quantitative estimate of drug-likeness (QED) is 0.594. The van der Waals surface area contributed by atoms with E-state index in [0.29, 0.717) is 19.0 Å². The number of hydrogen-bond acceptors (Lipinski definition) is 8. The monoisotopic (exact) mass is 507 g/mol. The number of amides is 2. The summed E-state index contributed by atoms with van der Waals surface area (Å²) in [7, 11) is 5.72. The molecule has 1 saturated carbocycles. The molecule has 2 aliphatic heterocycles. The van der Waals surface area contributed by atoms with E-state index in [0.717, 1.165) is 57.5 Å². The summed E-state index contributed by atoms with van der Waals surface area (Å²) in [6.45, 7) is 3.89. The van der Waals surface area contributed by atoms with E-state index in [4.69, 9.17) is 4.74 Å². The van der Waals surface area contributed by atoms with Gasteiger partial charge in [-0.3, -0.25) is 19.5 Å². The molecule has 10 heteroatoms. The lowest BCUT2D eigenvalue weighted by atomic mass is 9.69. The Hall–Kier alpha value is -3.24. The lowest BCUT2D eigenvalue weighted by Gasteiger charge is -2.48. The molecular weight excluding hydrogens is 470 g/mol. The Kier molecular flexibility index (Phi) is 7.04. The predicted octanol–water partition coefficient (Wildman–Crippen LogP) is 2.07. The summed E-state index contributed by atoms with van der Waals surface area (Å²) in [5, 5.41) is 3.31. The van der Waals surface area contributed by atoms with E-state index in [-0.39, 0.29) is 23.1 Å². The molecule has 0 unspecified atom stereocenters. The van der Waals surface area contributed by atoms with Gasteiger partial charge in [-0.05, 0) is 45.3 Å². The van der Waals surface area contributed by atoms with Gasteiger partial charge in [0, 0.05) is 31.7 Å². The van der Waals surface area contributed by atoms with Crippen LogP contribution in [0.25, 0.3) is 0 Å². The fraction of sp³-hybridized carbons (Fsp3) is 0.556. The number of benzene rings is 1. The van der Waals surface area contributed by atoms with Gasteiger partial charge < -0.3 is 15.0 Å². The third-order valence-corrected chi connectivity index (χ3v) is 8.45. The summed E-state index contributed by atoms with van der Waals surface area (Å²) >= 11 is 0. The number of aromatic nitrogens is 2. The number of methoxy groups -OCH3 is 1. The molecular formula is C27H37N7O3. The maximum Gasteiger partial charge on any atom is 0.322 e. The molecule has 198 valence electrons. The Morgan fingerprint density at radius 3 is 2.27 bits per heavy atom. The highest BCUT2D eigenvalue weighted by molar-refractivity contribution is 5.95. The fourth-order valence-electron chi connectivity index (χ4n) is 6.05. The molecule has 0 bridgehead atoms. The average molecular weight is 508 g/mol. The molecule has 3 aliphatic rings. The van der Waals surface area contributed by atoms with Crippen molar-refractivity contribution in [3.05, 3.63) is 48.3 Å². The molecule has 5 rings (SSSR count). The standard InChI is InChI=1S/C27H37N7O3/c1-31(2)27(21-7-5-4-6-8-21)11-9-26(10-12-27)20-34(25(36)30-26)22-17-28-24(29-18-22)33-15-13-32(14-16-33)19-23(35)37-3/h4-8,17-18H,9-16,19-20H2,1-3H3,(H,30,36)/t26-,27-. The van der Waals surface area contributed by atoms with Crippen LogP contribution >= 0.6 is 0 Å². The summed E-state index contributed by atoms with van der Waals surface area (Å²) < 4.78 is 4.76. The van der Waals surface area contributed by atoms with Crippen molar-refractivity contribution in [3.8, 4) is 0 Å². The summed E-state index contributed by atoms with van der Waals surface area (Å²) in [6, 6.07) is 10.6. The van der Waals surface area contributed by atoms with Crippen molar-refractivity contribution in [2.75, 3.05) is 70.3 Å². The normalized spacial score (nSPS) is 26.5. The molecule has 0 radical (unpaired) electrons. The van der Waals surface area contributed by atoms with Crippen LogP contribution in [0.5, 0.6) is 0 Å². The van der Waals surface area contributed by atoms with Gasteiger partial charge in [0.15, 0.2) is 0 Å². The van der Waals surface area contributed by atoms with Crippen LogP contribution in [-0.2, 0) is 15.1 Å². The first-order chi connectivity index (χ1) is 17.8. The summed E-state index contributed by atoms with van der Waals surface area (Å²) in [5.74, 6) is 0.424. The van der Waals surface area contributed by atoms with Crippen LogP contribution in [0.15, 0.2) is 42.7 Å². The van der Waals surface area contributed by atoms with E-state index in [1.165, 1.54) is 12.7 Å². The Bertz CT molecular complexity index is 1090. The summed E-state index contributed by atoms with van der Waals surface area (Å²) in [6.07, 6.45) is 7.29. The Balaban J connectivity index is 1.21. The van der Waals surface area contributed by atoms with Gasteiger partial charge in [0.05, 0.1) is 43.8 Å². The van der Waals surface area contributed by atoms with E-state index in [2.05, 4.69) is 74.4 Å². The van der Waals surface area contributed by atoms with Gasteiger partial charge in [0.2, 0.25) is 5.95 Å². The number of hydrogen-bond donors (Lipinski definition) is 1. The molecule has 1 aromatic heterocycles. The van der Waals surface area contributed by atoms with E-state index in [1.807, 2.05) is 0 Å². The van der Waals surface area contributed by atoms with Crippen LogP contribution in [0.4, 0.5) is 16.4 Å². The Morgan fingerprint density at radius 2 is 1.68 bits per heavy atom. The molecule has 0 atom stereocenters. The number of urea groups is 1. The number of carbonyl (C=O) groups excluding carboxylic acids is 2. The van der Waals surface area contributed by atoms with Crippen LogP contribution in [0.2, 0.25) is 0 Å². The Labute approximate surface area is 218 Å². The van der Waals surface area contributed by atoms with Crippen LogP contribution < -0.4 is 15.1 Å². The molecule has 1 spiro atoms. The summed E-state index contributed by atoms with van der Waals surface area (Å²) in [5.41, 5.74) is 1.80. The zero-order valence-corrected chi connectivity index (χ0v) is 22.0. The smallest absolute Gasteiger partial charge is 0.322 e. The molecule has 1 N–H and O–H groups in total. The molecule has 2 saturated heterocycles. The number of carbonyl (C=O) groups is 2. The minimum atomic E-state index is -0.236. The van der Waals surface area contributed by atoms with Gasteiger partial charge in [-0.2, -0.15) is 0 Å². The number of ether oxygens (including phenoxy) is 1. The number of anilines is 2. The fourth-order valence-corrected chi connectivity index (χ4v) is 6.05. The van der Waals surface area contributed by atoms with Crippen molar-refractivity contribution < 1.29 is 14.3 Å². The van der Waals surface area contributed by atoms with Crippen LogP contribution in [-0.4, -0.2) is 97.8 Å². The molecule has 1 aliphatic carbocycles. The molecule has 3 fully saturated rings. The second-order valence-corrected chi connectivity index (χ2v) is 10.7. The zero-order valence-electron chi connectivity index (χ0n) is 22.0. The first-order valence-electron chi connectivity index (χ1n) is 13.0. The molecule has 2 amide bonds. The topological polar surface area (TPSA) is 94.1 Å². The van der Waals surface area contributed by atoms with Gasteiger partial charge in [-0.15, -0.1) is 0 Å². The lowest BCUT2D eigenvalue weighted by Crippen LogP contribution is -2.54. The van der Waals surface area contributed by atoms with Crippen molar-refractivity contribution in [2.24, 2.45) is 0 Å². The van der Waals surface area contributed by atoms with Crippen molar-refractivity contribution >= 4 is 23.6 Å². The second-order valence-electron chi connectivity index (χ2n) is 10.7. The van der Waals surface area contributed by atoms with E-state index < -0.39 is 0 Å². The highest BCUT2D eigenvalue weighted by Crippen LogP contribution is 2.46. The predicted molar refractivity (Wildman–Crippen MR) is 142 cm³/mol. The van der Waals surface area contributed by atoms with E-state index in [1.54, 1.807) is 17.3 Å².